The molecule has 2 N–H and O–H groups in total. The van der Waals surface area contributed by atoms with Crippen LogP contribution in [0.15, 0.2) is 0 Å². The number of nitrogens with one attached hydrogen (secondary N) is 2. The Labute approximate surface area is 104 Å². The zero-order valence-corrected chi connectivity index (χ0v) is 11.5. The number of methoxy groups -OCH3 is 1. The molecule has 0 aliphatic heterocycles. The van der Waals surface area contributed by atoms with Gasteiger partial charge in [-0.25, -0.2) is 0 Å². The van der Waals surface area contributed by atoms with Crippen molar-refractivity contribution >= 4 is 5.91 Å². The summed E-state index contributed by atoms with van der Waals surface area (Å²) in [5.41, 5.74) is 0.0913. The summed E-state index contributed by atoms with van der Waals surface area (Å²) in [5.74, 6) is 0.0260. The minimum atomic E-state index is 0.0260. The predicted molar refractivity (Wildman–Crippen MR) is 68.1 cm³/mol. The summed E-state index contributed by atoms with van der Waals surface area (Å²) >= 11 is 0. The fourth-order valence-electron chi connectivity index (χ4n) is 1.14. The van der Waals surface area contributed by atoms with E-state index in [-0.39, 0.29) is 11.4 Å². The van der Waals surface area contributed by atoms with Crippen LogP contribution >= 0.6 is 0 Å². The maximum absolute atomic E-state index is 11.4. The molecule has 0 aromatic rings. The number of hydrogen-bond donors (Lipinski definition) is 2. The summed E-state index contributed by atoms with van der Waals surface area (Å²) in [6.07, 6.45) is 0.402. The molecule has 0 spiro atoms. The van der Waals surface area contributed by atoms with E-state index in [1.54, 1.807) is 7.11 Å². The van der Waals surface area contributed by atoms with Crippen molar-refractivity contribution in [3.05, 3.63) is 0 Å². The van der Waals surface area contributed by atoms with Crippen molar-refractivity contribution in [1.82, 2.24) is 10.6 Å². The number of carbonyl (C=O) groups is 1. The van der Waals surface area contributed by atoms with E-state index in [9.17, 15) is 4.79 Å². The van der Waals surface area contributed by atoms with Crippen molar-refractivity contribution in [2.75, 3.05) is 40.0 Å². The molecule has 0 saturated carbocycles. The fraction of sp³-hybridized carbons (Fsp3) is 0.917. The minimum absolute atomic E-state index is 0.0260. The molecule has 0 atom stereocenters. The summed E-state index contributed by atoms with van der Waals surface area (Å²) in [4.78, 5) is 11.4. The average Bonchev–Trinajstić information content (AvgIpc) is 2.23. The van der Waals surface area contributed by atoms with Crippen molar-refractivity contribution in [2.45, 2.75) is 32.7 Å². The first-order chi connectivity index (χ1) is 7.95. The molecule has 0 aliphatic rings. The Morgan fingerprint density at radius 3 is 2.41 bits per heavy atom. The minimum Gasteiger partial charge on any atom is -0.382 e. The zero-order valence-electron chi connectivity index (χ0n) is 11.5. The van der Waals surface area contributed by atoms with E-state index >= 15 is 0 Å². The first kappa shape index (κ1) is 16.4. The largest absolute Gasteiger partial charge is 0.382 e. The van der Waals surface area contributed by atoms with Crippen LogP contribution in [0.3, 0.4) is 0 Å². The lowest BCUT2D eigenvalue weighted by molar-refractivity contribution is -0.122. The van der Waals surface area contributed by atoms with Gasteiger partial charge in [-0.3, -0.25) is 4.79 Å². The van der Waals surface area contributed by atoms with E-state index in [1.165, 1.54) is 0 Å². The summed E-state index contributed by atoms with van der Waals surface area (Å²) in [5, 5.41) is 6.13. The normalized spacial score (nSPS) is 11.5. The Morgan fingerprint density at radius 1 is 1.12 bits per heavy atom. The van der Waals surface area contributed by atoms with Crippen LogP contribution in [-0.2, 0) is 14.3 Å². The summed E-state index contributed by atoms with van der Waals surface area (Å²) in [6, 6.07) is 0. The third-order valence-corrected chi connectivity index (χ3v) is 2.01. The quantitative estimate of drug-likeness (QED) is 0.583. The first-order valence-corrected chi connectivity index (χ1v) is 6.04. The van der Waals surface area contributed by atoms with Gasteiger partial charge in [0.05, 0.1) is 19.8 Å². The third kappa shape index (κ3) is 13.3. The monoisotopic (exact) mass is 246 g/mol. The van der Waals surface area contributed by atoms with E-state index < -0.39 is 0 Å². The molecule has 5 heteroatoms. The van der Waals surface area contributed by atoms with Gasteiger partial charge in [0.25, 0.3) is 0 Å². The first-order valence-electron chi connectivity index (χ1n) is 6.04. The van der Waals surface area contributed by atoms with E-state index in [2.05, 4.69) is 31.4 Å². The Balaban J connectivity index is 3.29. The molecule has 0 fully saturated rings. The van der Waals surface area contributed by atoms with Crippen LogP contribution in [-0.4, -0.2) is 51.5 Å². The van der Waals surface area contributed by atoms with E-state index in [0.29, 0.717) is 32.8 Å². The molecule has 0 heterocycles. The van der Waals surface area contributed by atoms with Crippen molar-refractivity contribution in [1.29, 1.82) is 0 Å². The lowest BCUT2D eigenvalue weighted by Gasteiger charge is -2.20. The number of amides is 1. The van der Waals surface area contributed by atoms with Crippen LogP contribution in [0.4, 0.5) is 0 Å². The zero-order chi connectivity index (χ0) is 13.1. The van der Waals surface area contributed by atoms with Gasteiger partial charge in [0, 0.05) is 32.2 Å². The van der Waals surface area contributed by atoms with Gasteiger partial charge in [-0.05, 0) is 20.8 Å². The number of hydrogen-bond acceptors (Lipinski definition) is 4. The summed E-state index contributed by atoms with van der Waals surface area (Å²) in [6.45, 7) is 9.26. The second kappa shape index (κ2) is 9.39. The van der Waals surface area contributed by atoms with Crippen LogP contribution in [0.1, 0.15) is 27.2 Å². The van der Waals surface area contributed by atoms with Crippen molar-refractivity contribution < 1.29 is 14.3 Å². The van der Waals surface area contributed by atoms with Crippen LogP contribution < -0.4 is 10.6 Å². The highest BCUT2D eigenvalue weighted by Gasteiger charge is 2.07. The van der Waals surface area contributed by atoms with Crippen molar-refractivity contribution in [3.8, 4) is 0 Å². The smallest absolute Gasteiger partial charge is 0.222 e. The van der Waals surface area contributed by atoms with Crippen LogP contribution in [0.2, 0.25) is 0 Å². The average molecular weight is 246 g/mol. The Bertz CT molecular complexity index is 202. The molecular weight excluding hydrogens is 220 g/mol. The number of ether oxygens (including phenoxy) is 2. The van der Waals surface area contributed by atoms with Gasteiger partial charge in [-0.15, -0.1) is 0 Å². The highest BCUT2D eigenvalue weighted by Crippen LogP contribution is 1.96. The highest BCUT2D eigenvalue weighted by molar-refractivity contribution is 5.75. The summed E-state index contributed by atoms with van der Waals surface area (Å²) < 4.78 is 10.0. The van der Waals surface area contributed by atoms with Gasteiger partial charge in [0.1, 0.15) is 0 Å². The molecule has 0 aliphatic carbocycles. The summed E-state index contributed by atoms with van der Waals surface area (Å²) in [7, 11) is 1.62. The molecule has 0 unspecified atom stereocenters. The fourth-order valence-corrected chi connectivity index (χ4v) is 1.14. The van der Waals surface area contributed by atoms with E-state index in [1.807, 2.05) is 0 Å². The topological polar surface area (TPSA) is 59.6 Å². The molecule has 0 aromatic carbocycles. The van der Waals surface area contributed by atoms with Gasteiger partial charge >= 0.3 is 0 Å². The molecular formula is C12H26N2O3. The lowest BCUT2D eigenvalue weighted by atomic mass is 10.1. The molecule has 0 rings (SSSR count). The Kier molecular flexibility index (Phi) is 9.03. The molecule has 0 saturated heterocycles. The van der Waals surface area contributed by atoms with Crippen LogP contribution in [0.25, 0.3) is 0 Å². The third-order valence-electron chi connectivity index (χ3n) is 2.01. The van der Waals surface area contributed by atoms with Crippen molar-refractivity contribution in [3.63, 3.8) is 0 Å². The number of carbonyl (C=O) groups excluding carboxylic acids is 1. The van der Waals surface area contributed by atoms with Crippen LogP contribution in [0.5, 0.6) is 0 Å². The molecule has 5 nitrogen and oxygen atoms in total. The number of rotatable bonds is 9. The maximum Gasteiger partial charge on any atom is 0.222 e. The molecule has 1 amide bonds. The lowest BCUT2D eigenvalue weighted by Crippen LogP contribution is -2.41. The van der Waals surface area contributed by atoms with E-state index in [4.69, 9.17) is 9.47 Å². The molecule has 0 radical (unpaired) electrons. The highest BCUT2D eigenvalue weighted by atomic mass is 16.5. The second-order valence-electron chi connectivity index (χ2n) is 4.88. The van der Waals surface area contributed by atoms with E-state index in [0.717, 1.165) is 6.54 Å². The van der Waals surface area contributed by atoms with Crippen LogP contribution in [0, 0.1) is 0 Å². The standard InChI is InChI=1S/C12H26N2O3/c1-12(2,3)14-7-6-13-11(15)5-8-17-10-9-16-4/h14H,5-10H2,1-4H3,(H,13,15). The molecule has 17 heavy (non-hydrogen) atoms. The van der Waals surface area contributed by atoms with Gasteiger partial charge in [0.15, 0.2) is 0 Å². The Morgan fingerprint density at radius 2 is 1.82 bits per heavy atom. The van der Waals surface area contributed by atoms with Gasteiger partial charge in [-0.1, -0.05) is 0 Å². The molecule has 0 aromatic heterocycles. The van der Waals surface area contributed by atoms with Gasteiger partial charge < -0.3 is 20.1 Å². The van der Waals surface area contributed by atoms with Crippen molar-refractivity contribution in [2.24, 2.45) is 0 Å². The molecule has 102 valence electrons. The molecule has 0 bridgehead atoms. The predicted octanol–water partition coefficient (Wildman–Crippen LogP) is 0.544. The van der Waals surface area contributed by atoms with Gasteiger partial charge in [0.2, 0.25) is 5.91 Å². The SMILES string of the molecule is COCCOCCC(=O)NCCNC(C)(C)C. The maximum atomic E-state index is 11.4. The Hall–Kier alpha value is -0.650. The van der Waals surface area contributed by atoms with Gasteiger partial charge in [-0.2, -0.15) is 0 Å². The second-order valence-corrected chi connectivity index (χ2v) is 4.88.